The van der Waals surface area contributed by atoms with E-state index in [1.807, 2.05) is 6.92 Å². The number of ether oxygens (including phenoxy) is 1. The summed E-state index contributed by atoms with van der Waals surface area (Å²) in [5.41, 5.74) is 3.50. The van der Waals surface area contributed by atoms with Crippen molar-refractivity contribution in [2.45, 2.75) is 26.3 Å². The first kappa shape index (κ1) is 22.5. The summed E-state index contributed by atoms with van der Waals surface area (Å²) >= 11 is 0. The zero-order valence-corrected chi connectivity index (χ0v) is 19.3. The molecule has 1 aliphatic rings. The third-order valence-corrected chi connectivity index (χ3v) is 5.75. The second-order valence-corrected chi connectivity index (χ2v) is 8.09. The van der Waals surface area contributed by atoms with Gasteiger partial charge in [0.15, 0.2) is 5.65 Å². The number of hydroxylamine groups is 2. The lowest BCUT2D eigenvalue weighted by molar-refractivity contribution is -0.0788. The van der Waals surface area contributed by atoms with Crippen LogP contribution >= 0.6 is 0 Å². The molecule has 1 atom stereocenters. The van der Waals surface area contributed by atoms with Gasteiger partial charge in [-0.05, 0) is 44.0 Å². The van der Waals surface area contributed by atoms with Gasteiger partial charge in [0.2, 0.25) is 0 Å². The van der Waals surface area contributed by atoms with Crippen LogP contribution < -0.4 is 15.4 Å². The lowest BCUT2D eigenvalue weighted by atomic mass is 10.1. The van der Waals surface area contributed by atoms with Gasteiger partial charge in [-0.25, -0.2) is 34.2 Å². The van der Waals surface area contributed by atoms with Gasteiger partial charge in [-0.2, -0.15) is 0 Å². The number of methoxy groups -OCH3 is 1. The average Bonchev–Trinajstić information content (AvgIpc) is 3.51. The number of aromatic nitrogens is 5. The summed E-state index contributed by atoms with van der Waals surface area (Å²) in [4.78, 5) is 38.3. The van der Waals surface area contributed by atoms with Crippen LogP contribution in [-0.4, -0.2) is 55.8 Å². The summed E-state index contributed by atoms with van der Waals surface area (Å²) in [6, 6.07) is 4.01. The molecule has 1 aromatic carbocycles. The first-order chi connectivity index (χ1) is 16.9. The zero-order valence-electron chi connectivity index (χ0n) is 19.3. The molecule has 0 unspecified atom stereocenters. The predicted molar refractivity (Wildman–Crippen MR) is 127 cm³/mol. The van der Waals surface area contributed by atoms with E-state index >= 15 is 0 Å². The number of nitrogens with one attached hydrogen (secondary N) is 3. The summed E-state index contributed by atoms with van der Waals surface area (Å²) < 4.78 is 20.1. The number of benzene rings is 1. The van der Waals surface area contributed by atoms with Crippen molar-refractivity contribution in [2.75, 3.05) is 24.4 Å². The first-order valence-corrected chi connectivity index (χ1v) is 10.9. The van der Waals surface area contributed by atoms with Crippen molar-refractivity contribution in [3.8, 4) is 17.0 Å². The number of fused-ring (bicyclic) bond motifs is 1. The normalized spacial score (nSPS) is 15.4. The SMILES string of the molecule is COc1cnc(Nc2cc(NC(=O)N3OCC[C@@H]3C)c(F)cc2C)c(-c2ncnc3nc[nH]c23)c1. The number of halogens is 1. The highest BCUT2D eigenvalue weighted by atomic mass is 19.1. The molecule has 0 radical (unpaired) electrons. The van der Waals surface area contributed by atoms with E-state index in [0.29, 0.717) is 51.8 Å². The van der Waals surface area contributed by atoms with Gasteiger partial charge in [0.1, 0.15) is 34.9 Å². The van der Waals surface area contributed by atoms with Gasteiger partial charge in [0.05, 0.1) is 38.0 Å². The molecule has 3 aromatic heterocycles. The Hall–Kier alpha value is -4.32. The minimum Gasteiger partial charge on any atom is -0.495 e. The number of rotatable bonds is 5. The van der Waals surface area contributed by atoms with Crippen LogP contribution in [0.4, 0.5) is 26.4 Å². The van der Waals surface area contributed by atoms with E-state index < -0.39 is 11.8 Å². The van der Waals surface area contributed by atoms with Gasteiger partial charge in [-0.1, -0.05) is 0 Å². The van der Waals surface area contributed by atoms with Gasteiger partial charge in [-0.15, -0.1) is 0 Å². The monoisotopic (exact) mass is 478 g/mol. The Kier molecular flexibility index (Phi) is 5.87. The van der Waals surface area contributed by atoms with Crippen LogP contribution in [0.15, 0.2) is 37.1 Å². The number of hydrogen-bond acceptors (Lipinski definition) is 8. The molecule has 3 N–H and O–H groups in total. The van der Waals surface area contributed by atoms with Crippen LogP contribution in [0.5, 0.6) is 5.75 Å². The Labute approximate surface area is 199 Å². The van der Waals surface area contributed by atoms with Crippen molar-refractivity contribution in [1.82, 2.24) is 30.0 Å². The van der Waals surface area contributed by atoms with E-state index in [1.165, 1.54) is 29.9 Å². The summed E-state index contributed by atoms with van der Waals surface area (Å²) in [6.07, 6.45) is 5.23. The summed E-state index contributed by atoms with van der Waals surface area (Å²) in [5.74, 6) is 0.412. The largest absolute Gasteiger partial charge is 0.495 e. The van der Waals surface area contributed by atoms with E-state index in [-0.39, 0.29) is 11.7 Å². The smallest absolute Gasteiger partial charge is 0.346 e. The third kappa shape index (κ3) is 4.30. The average molecular weight is 478 g/mol. The van der Waals surface area contributed by atoms with Gasteiger partial charge in [-0.3, -0.25) is 4.84 Å². The van der Waals surface area contributed by atoms with Crippen LogP contribution in [0.1, 0.15) is 18.9 Å². The summed E-state index contributed by atoms with van der Waals surface area (Å²) in [5, 5.41) is 7.06. The van der Waals surface area contributed by atoms with Crippen molar-refractivity contribution >= 4 is 34.4 Å². The molecule has 1 aliphatic heterocycles. The number of aromatic amines is 1. The number of amides is 2. The first-order valence-electron chi connectivity index (χ1n) is 10.9. The number of hydrogen-bond donors (Lipinski definition) is 3. The molecule has 0 spiro atoms. The van der Waals surface area contributed by atoms with Crippen molar-refractivity contribution in [2.24, 2.45) is 0 Å². The van der Waals surface area contributed by atoms with Crippen LogP contribution in [0.25, 0.3) is 22.4 Å². The molecule has 180 valence electrons. The number of H-pyrrole nitrogens is 1. The Balaban J connectivity index is 1.51. The van der Waals surface area contributed by atoms with Crippen molar-refractivity contribution in [3.05, 3.63) is 48.4 Å². The minimum absolute atomic E-state index is 0.0128. The molecule has 0 aliphatic carbocycles. The van der Waals surface area contributed by atoms with E-state index in [4.69, 9.17) is 9.57 Å². The maximum absolute atomic E-state index is 14.7. The highest BCUT2D eigenvalue weighted by Crippen LogP contribution is 2.35. The molecule has 0 bridgehead atoms. The molecule has 2 amide bonds. The Morgan fingerprint density at radius 2 is 2.09 bits per heavy atom. The molecule has 4 aromatic rings. The fourth-order valence-electron chi connectivity index (χ4n) is 3.83. The Bertz CT molecular complexity index is 1410. The highest BCUT2D eigenvalue weighted by Gasteiger charge is 2.27. The lowest BCUT2D eigenvalue weighted by Crippen LogP contribution is -2.36. The van der Waals surface area contributed by atoms with E-state index in [0.717, 1.165) is 6.42 Å². The number of carbonyl (C=O) groups excluding carboxylic acids is 1. The molecule has 5 rings (SSSR count). The number of aryl methyl sites for hydroxylation is 1. The second-order valence-electron chi connectivity index (χ2n) is 8.09. The second kappa shape index (κ2) is 9.14. The van der Waals surface area contributed by atoms with Crippen LogP contribution in [0, 0.1) is 12.7 Å². The zero-order chi connectivity index (χ0) is 24.5. The maximum Gasteiger partial charge on any atom is 0.346 e. The number of urea groups is 1. The number of nitrogens with zero attached hydrogens (tertiary/aromatic N) is 5. The highest BCUT2D eigenvalue weighted by molar-refractivity contribution is 5.93. The van der Waals surface area contributed by atoms with Gasteiger partial charge >= 0.3 is 6.03 Å². The van der Waals surface area contributed by atoms with Gasteiger partial charge in [0, 0.05) is 11.3 Å². The fraction of sp³-hybridized carbons (Fsp3) is 0.261. The van der Waals surface area contributed by atoms with Gasteiger partial charge < -0.3 is 20.4 Å². The molecular weight excluding hydrogens is 455 g/mol. The maximum atomic E-state index is 14.7. The number of imidazole rings is 1. The van der Waals surface area contributed by atoms with E-state index in [1.54, 1.807) is 26.3 Å². The minimum atomic E-state index is -0.564. The standard InChI is InChI=1S/C23H23FN8O3/c1-12-6-16(24)18(31-23(33)32-13(2)4-5-35-32)8-17(12)30-21-15(7-14(34-3)9-25-21)19-20-22(28-10-26-19)29-11-27-20/h6-11,13H,4-5H2,1-3H3,(H,25,30)(H,31,33)(H,26,27,28,29)/t13-/m0/s1. The van der Waals surface area contributed by atoms with Crippen LogP contribution in [0.3, 0.4) is 0 Å². The Morgan fingerprint density at radius 3 is 2.86 bits per heavy atom. The molecule has 11 nitrogen and oxygen atoms in total. The Morgan fingerprint density at radius 1 is 1.23 bits per heavy atom. The molecule has 1 saturated heterocycles. The van der Waals surface area contributed by atoms with Gasteiger partial charge in [0.25, 0.3) is 0 Å². The molecule has 35 heavy (non-hydrogen) atoms. The van der Waals surface area contributed by atoms with Crippen molar-refractivity contribution in [1.29, 1.82) is 0 Å². The summed E-state index contributed by atoms with van der Waals surface area (Å²) in [6.45, 7) is 4.06. The summed E-state index contributed by atoms with van der Waals surface area (Å²) in [7, 11) is 1.55. The molecule has 12 heteroatoms. The number of carbonyl (C=O) groups is 1. The number of pyridine rings is 1. The lowest BCUT2D eigenvalue weighted by Gasteiger charge is -2.21. The van der Waals surface area contributed by atoms with Crippen molar-refractivity contribution < 1.29 is 18.8 Å². The van der Waals surface area contributed by atoms with Crippen LogP contribution in [0.2, 0.25) is 0 Å². The van der Waals surface area contributed by atoms with E-state index in [9.17, 15) is 9.18 Å². The third-order valence-electron chi connectivity index (χ3n) is 5.75. The topological polar surface area (TPSA) is 130 Å². The number of anilines is 3. The predicted octanol–water partition coefficient (Wildman–Crippen LogP) is 4.17. The molecule has 1 fully saturated rings. The quantitative estimate of drug-likeness (QED) is 0.390. The molecule has 4 heterocycles. The molecule has 0 saturated carbocycles. The fourth-order valence-corrected chi connectivity index (χ4v) is 3.83. The van der Waals surface area contributed by atoms with Crippen molar-refractivity contribution in [3.63, 3.8) is 0 Å². The van der Waals surface area contributed by atoms with Crippen LogP contribution in [-0.2, 0) is 4.84 Å². The molecular formula is C23H23FN8O3. The van der Waals surface area contributed by atoms with E-state index in [2.05, 4.69) is 35.6 Å².